The summed E-state index contributed by atoms with van der Waals surface area (Å²) in [6.07, 6.45) is 9.52. The first-order valence-corrected chi connectivity index (χ1v) is 41.7. The molecule has 0 aliphatic rings. The van der Waals surface area contributed by atoms with Crippen LogP contribution in [0.2, 0.25) is 0 Å². The lowest BCUT2D eigenvalue weighted by atomic mass is 9.96. The van der Waals surface area contributed by atoms with E-state index in [4.69, 9.17) is 0 Å². The molecule has 0 atom stereocenters. The van der Waals surface area contributed by atoms with Crippen LogP contribution in [0.25, 0.3) is 133 Å². The van der Waals surface area contributed by atoms with E-state index in [2.05, 4.69) is 444 Å². The molecule has 0 fully saturated rings. The number of aromatic nitrogens is 12. The van der Waals surface area contributed by atoms with Crippen LogP contribution >= 0.6 is 0 Å². The van der Waals surface area contributed by atoms with E-state index in [0.29, 0.717) is 17.8 Å². The molecule has 0 aliphatic heterocycles. The summed E-state index contributed by atoms with van der Waals surface area (Å²) in [6, 6.07) is 92.0. The molecule has 18 aromatic rings. The van der Waals surface area contributed by atoms with Gasteiger partial charge in [0.15, 0.2) is 33.1 Å². The van der Waals surface area contributed by atoms with E-state index in [1.807, 2.05) is 51.7 Å². The Morgan fingerprint density at radius 3 is 0.992 bits per heavy atom. The molecule has 12 nitrogen and oxygen atoms in total. The molecule has 18 rings (SSSR count). The zero-order chi connectivity index (χ0) is 85.2. The molecule has 0 spiro atoms. The van der Waals surface area contributed by atoms with E-state index in [1.165, 1.54) is 161 Å². The van der Waals surface area contributed by atoms with Gasteiger partial charge in [-0.2, -0.15) is 0 Å². The van der Waals surface area contributed by atoms with Gasteiger partial charge in [0.2, 0.25) is 0 Å². The average Bonchev–Trinajstić information content (AvgIpc) is 0.802. The Hall–Kier alpha value is -13.3. The fourth-order valence-corrected chi connectivity index (χ4v) is 16.1. The number of para-hydroxylation sites is 2. The smallest absolute Gasteiger partial charge is 0.232 e. The van der Waals surface area contributed by atoms with Gasteiger partial charge < -0.3 is 0 Å². The second-order valence-electron chi connectivity index (χ2n) is 32.8. The highest BCUT2D eigenvalue weighted by Gasteiger charge is 2.25. The standard InChI is InChI=1S/3C19H21N2.3C17H17N2/c1-13(2)15-10-7-11-17-18(15)20-12-21(4)19(17)16-9-6-5-8-14(16)3;1-13(2)15-9-10-18-17(11-15)19(21(4)12-20-18)16-8-6-5-7-14(16)3;1-13(2)15-9-10-17-18(11-15)20-12-21(4)19(17)16-8-6-5-7-14(16)3;1-12-8-4-5-9-14(12)17-15-10-6-7-11-16(15)18-13(2)19(17)3;1-12-8-9-16-15(10-12)17(19(3)11-18-16)14-7-5-4-6-13(14)2;1-12-8-9-15-16(10-12)18-11-19(3)17(15)14-7-5-4-6-13(14)2/h3*5-13H,1-4H3;3*4-11H,1-3H3/q6*+1. The van der Waals surface area contributed by atoms with Crippen molar-refractivity contribution < 1.29 is 27.4 Å². The minimum Gasteiger partial charge on any atom is -0.232 e. The summed E-state index contributed by atoms with van der Waals surface area (Å²) in [4.78, 5) is 27.5. The minimum absolute atomic E-state index is 0.471. The lowest BCUT2D eigenvalue weighted by Crippen LogP contribution is -2.36. The normalized spacial score (nSPS) is 11.1. The van der Waals surface area contributed by atoms with E-state index >= 15 is 0 Å². The molecule has 6 heterocycles. The summed E-state index contributed by atoms with van der Waals surface area (Å²) >= 11 is 0. The molecule has 120 heavy (non-hydrogen) atoms. The number of hydrogen-bond acceptors (Lipinski definition) is 6. The number of aryl methyl sites for hydroxylation is 14. The molecule has 6 aromatic heterocycles. The van der Waals surface area contributed by atoms with Gasteiger partial charge in [-0.1, -0.05) is 241 Å². The van der Waals surface area contributed by atoms with Crippen LogP contribution in [0.15, 0.2) is 292 Å². The summed E-state index contributed by atoms with van der Waals surface area (Å²) in [5.41, 5.74) is 35.6. The SMILES string of the molecule is Cc1ccc2c(-c3ccccc3C)[n+](C)cnc2c1.Cc1ccc2nc[n+](C)c(-c3ccccc3C)c2c1.Cc1ccccc1-c1c2cc(C(C)C)ccc2nc[n+]1C.Cc1ccccc1-c1c2ccc(C(C)C)cc2nc[n+]1C.Cc1ccccc1-c1c2cccc(C(C)C)c2nc[n+]1C.Cc1ccccc1-c1c2ccccc2nc(C)[n+]1C. The fraction of sp³-hybridized carbons (Fsp3) is 0.222. The second kappa shape index (κ2) is 37.5. The number of benzene rings is 12. The van der Waals surface area contributed by atoms with E-state index in [-0.39, 0.29) is 0 Å². The third kappa shape index (κ3) is 18.5. The van der Waals surface area contributed by atoms with E-state index in [9.17, 15) is 0 Å². The van der Waals surface area contributed by atoms with Crippen molar-refractivity contribution >= 4 is 65.4 Å². The molecule has 12 aromatic carbocycles. The fourth-order valence-electron chi connectivity index (χ4n) is 16.1. The van der Waals surface area contributed by atoms with Gasteiger partial charge in [-0.25, -0.2) is 27.4 Å². The molecular formula is C108H114N12+6. The van der Waals surface area contributed by atoms with Gasteiger partial charge >= 0.3 is 0 Å². The Labute approximate surface area is 709 Å². The van der Waals surface area contributed by atoms with Gasteiger partial charge in [0, 0.05) is 45.9 Å². The van der Waals surface area contributed by atoms with Crippen LogP contribution < -0.4 is 27.4 Å². The molecule has 0 amide bonds. The van der Waals surface area contributed by atoms with Gasteiger partial charge in [0.05, 0.1) is 74.6 Å². The largest absolute Gasteiger partial charge is 0.296 e. The van der Waals surface area contributed by atoms with Crippen LogP contribution in [0.4, 0.5) is 0 Å². The molecule has 0 unspecified atom stereocenters. The lowest BCUT2D eigenvalue weighted by molar-refractivity contribution is -0.668. The summed E-state index contributed by atoms with van der Waals surface area (Å²) in [6.45, 7) is 32.5. The highest BCUT2D eigenvalue weighted by atomic mass is 15.0. The third-order valence-corrected chi connectivity index (χ3v) is 22.9. The Bertz CT molecular complexity index is 6730. The number of hydrogen-bond donors (Lipinski definition) is 0. The molecule has 0 radical (unpaired) electrons. The zero-order valence-electron chi connectivity index (χ0n) is 73.8. The summed E-state index contributed by atoms with van der Waals surface area (Å²) in [5.74, 6) is 2.53. The Balaban J connectivity index is 0.000000125. The Kier molecular flexibility index (Phi) is 26.4. The van der Waals surface area contributed by atoms with E-state index in [1.54, 1.807) is 0 Å². The van der Waals surface area contributed by atoms with Crippen LogP contribution in [0.3, 0.4) is 0 Å². The molecule has 0 aliphatic carbocycles. The Morgan fingerprint density at radius 2 is 0.550 bits per heavy atom. The topological polar surface area (TPSA) is 101 Å². The molecule has 0 saturated heterocycles. The van der Waals surface area contributed by atoms with Crippen LogP contribution in [0.5, 0.6) is 0 Å². The number of nitrogens with zero attached hydrogens (tertiary/aromatic N) is 12. The van der Waals surface area contributed by atoms with Gasteiger partial charge in [-0.05, 0) is 220 Å². The average molecular weight is 1580 g/mol. The van der Waals surface area contributed by atoms with Crippen LogP contribution in [-0.4, -0.2) is 29.9 Å². The van der Waals surface area contributed by atoms with Crippen molar-refractivity contribution in [3.63, 3.8) is 0 Å². The monoisotopic (exact) mass is 1580 g/mol. The zero-order valence-corrected chi connectivity index (χ0v) is 73.8. The van der Waals surface area contributed by atoms with Crippen molar-refractivity contribution in [1.82, 2.24) is 29.9 Å². The van der Waals surface area contributed by atoms with E-state index in [0.717, 1.165) is 38.9 Å². The molecule has 0 saturated carbocycles. The van der Waals surface area contributed by atoms with Gasteiger partial charge in [0.25, 0.3) is 37.5 Å². The second-order valence-corrected chi connectivity index (χ2v) is 32.8. The number of fused-ring (bicyclic) bond motifs is 6. The quantitative estimate of drug-likeness (QED) is 0.133. The molecule has 12 heteroatoms. The molecule has 600 valence electrons. The summed E-state index contributed by atoms with van der Waals surface area (Å²) < 4.78 is 12.7. The van der Waals surface area contributed by atoms with Crippen molar-refractivity contribution in [3.05, 3.63) is 360 Å². The highest BCUT2D eigenvalue weighted by molar-refractivity contribution is 5.97. The first kappa shape index (κ1) is 84.6. The van der Waals surface area contributed by atoms with Crippen LogP contribution in [0, 0.1) is 62.3 Å². The Morgan fingerprint density at radius 1 is 0.233 bits per heavy atom. The van der Waals surface area contributed by atoms with Crippen molar-refractivity contribution in [2.75, 3.05) is 0 Å². The van der Waals surface area contributed by atoms with Crippen molar-refractivity contribution in [1.29, 1.82) is 0 Å². The van der Waals surface area contributed by atoms with Crippen molar-refractivity contribution in [3.8, 4) is 67.5 Å². The van der Waals surface area contributed by atoms with Gasteiger partial charge in [-0.3, -0.25) is 0 Å². The highest BCUT2D eigenvalue weighted by Crippen LogP contribution is 2.36. The maximum absolute atomic E-state index is 4.68. The maximum atomic E-state index is 4.68. The van der Waals surface area contributed by atoms with Crippen molar-refractivity contribution in [2.45, 2.75) is 122 Å². The van der Waals surface area contributed by atoms with Crippen molar-refractivity contribution in [2.24, 2.45) is 42.3 Å². The maximum Gasteiger partial charge on any atom is 0.296 e. The first-order valence-electron chi connectivity index (χ1n) is 41.7. The third-order valence-electron chi connectivity index (χ3n) is 22.9. The predicted molar refractivity (Wildman–Crippen MR) is 495 cm³/mol. The lowest BCUT2D eigenvalue weighted by Gasteiger charge is -2.11. The van der Waals surface area contributed by atoms with Crippen LogP contribution in [-0.2, 0) is 42.3 Å². The first-order chi connectivity index (χ1) is 57.8. The van der Waals surface area contributed by atoms with Gasteiger partial charge in [-0.15, -0.1) is 0 Å². The molecule has 0 bridgehead atoms. The molecule has 0 N–H and O–H groups in total. The van der Waals surface area contributed by atoms with Crippen LogP contribution in [0.1, 0.15) is 126 Å². The summed E-state index contributed by atoms with van der Waals surface area (Å²) in [7, 11) is 12.4. The number of rotatable bonds is 9. The molecular weight excluding hydrogens is 1470 g/mol. The predicted octanol–water partition coefficient (Wildman–Crippen LogP) is 22.5. The minimum atomic E-state index is 0.471. The van der Waals surface area contributed by atoms with Gasteiger partial charge in [0.1, 0.15) is 34.2 Å². The summed E-state index contributed by atoms with van der Waals surface area (Å²) in [5, 5.41) is 7.26. The van der Waals surface area contributed by atoms with E-state index < -0.39 is 0 Å².